The number of rotatable bonds is 5. The average molecular weight is 502 g/mol. The summed E-state index contributed by atoms with van der Waals surface area (Å²) in [5.41, 5.74) is 1.30. The van der Waals surface area contributed by atoms with Crippen LogP contribution in [0, 0.1) is 0 Å². The Labute approximate surface area is 202 Å². The fourth-order valence-electron chi connectivity index (χ4n) is 4.31. The first-order chi connectivity index (χ1) is 16.5. The van der Waals surface area contributed by atoms with Crippen molar-refractivity contribution in [3.8, 4) is 11.5 Å². The van der Waals surface area contributed by atoms with Crippen molar-refractivity contribution in [1.82, 2.24) is 8.87 Å². The van der Waals surface area contributed by atoms with Gasteiger partial charge in [0.1, 0.15) is 13.2 Å². The molecule has 0 radical (unpaired) electrons. The van der Waals surface area contributed by atoms with Crippen LogP contribution in [0.25, 0.3) is 10.2 Å². The quantitative estimate of drug-likeness (QED) is 0.531. The zero-order valence-electron chi connectivity index (χ0n) is 19.0. The predicted molar refractivity (Wildman–Crippen MR) is 130 cm³/mol. The fourth-order valence-corrected chi connectivity index (χ4v) is 6.89. The maximum atomic E-state index is 13.0. The molecular formula is C24H27N3O5S2. The smallest absolute Gasteiger partial charge is 0.279 e. The lowest BCUT2D eigenvalue weighted by Gasteiger charge is -2.25. The first-order valence-electron chi connectivity index (χ1n) is 11.6. The molecule has 0 N–H and O–H groups in total. The van der Waals surface area contributed by atoms with E-state index in [2.05, 4.69) is 11.9 Å². The van der Waals surface area contributed by atoms with Gasteiger partial charge in [-0.05, 0) is 43.5 Å². The normalized spacial score (nSPS) is 17.3. The van der Waals surface area contributed by atoms with Crippen LogP contribution in [-0.4, -0.2) is 49.5 Å². The van der Waals surface area contributed by atoms with Crippen LogP contribution in [0.15, 0.2) is 46.3 Å². The molecule has 1 amide bonds. The molecule has 2 aromatic carbocycles. The summed E-state index contributed by atoms with van der Waals surface area (Å²) in [5, 5.41) is 0. The van der Waals surface area contributed by atoms with Gasteiger partial charge in [0.2, 0.25) is 10.0 Å². The van der Waals surface area contributed by atoms with E-state index in [1.54, 1.807) is 12.1 Å². The van der Waals surface area contributed by atoms with Gasteiger partial charge in [-0.2, -0.15) is 9.30 Å². The second-order valence-electron chi connectivity index (χ2n) is 8.41. The van der Waals surface area contributed by atoms with Gasteiger partial charge in [0.25, 0.3) is 5.91 Å². The molecule has 0 unspecified atom stereocenters. The summed E-state index contributed by atoms with van der Waals surface area (Å²) < 4.78 is 41.7. The molecule has 2 aliphatic rings. The van der Waals surface area contributed by atoms with Gasteiger partial charge in [0, 0.05) is 37.3 Å². The molecule has 34 heavy (non-hydrogen) atoms. The fraction of sp³-hybridized carbons (Fsp3) is 0.417. The molecule has 5 rings (SSSR count). The number of carbonyl (C=O) groups is 1. The molecule has 2 aliphatic heterocycles. The van der Waals surface area contributed by atoms with Crippen molar-refractivity contribution < 1.29 is 22.7 Å². The zero-order valence-corrected chi connectivity index (χ0v) is 20.7. The molecular weight excluding hydrogens is 474 g/mol. The molecule has 0 saturated carbocycles. The van der Waals surface area contributed by atoms with Crippen LogP contribution in [-0.2, 0) is 16.6 Å². The number of fused-ring (bicyclic) bond motifs is 2. The molecule has 0 aliphatic carbocycles. The number of sulfonamides is 1. The number of amides is 1. The summed E-state index contributed by atoms with van der Waals surface area (Å²) >= 11 is 1.42. The first-order valence-corrected chi connectivity index (χ1v) is 13.9. The van der Waals surface area contributed by atoms with Gasteiger partial charge < -0.3 is 14.0 Å². The molecule has 1 aromatic heterocycles. The van der Waals surface area contributed by atoms with Crippen LogP contribution in [0.5, 0.6) is 11.5 Å². The van der Waals surface area contributed by atoms with E-state index in [1.165, 1.54) is 27.8 Å². The summed E-state index contributed by atoms with van der Waals surface area (Å²) in [4.78, 5) is 18.2. The van der Waals surface area contributed by atoms with Gasteiger partial charge in [-0.15, -0.1) is 0 Å². The summed E-state index contributed by atoms with van der Waals surface area (Å²) in [7, 11) is -3.54. The minimum atomic E-state index is -3.54. The van der Waals surface area contributed by atoms with E-state index in [0.29, 0.717) is 54.7 Å². The lowest BCUT2D eigenvalue weighted by Crippen LogP contribution is -2.35. The van der Waals surface area contributed by atoms with Gasteiger partial charge in [0.15, 0.2) is 16.3 Å². The highest BCUT2D eigenvalue weighted by Gasteiger charge is 2.26. The second-order valence-corrected chi connectivity index (χ2v) is 11.4. The van der Waals surface area contributed by atoms with Crippen LogP contribution in [0.3, 0.4) is 0 Å². The largest absolute Gasteiger partial charge is 0.486 e. The molecule has 8 nitrogen and oxygen atoms in total. The zero-order chi connectivity index (χ0) is 23.7. The van der Waals surface area contributed by atoms with E-state index in [4.69, 9.17) is 9.47 Å². The Kier molecular flexibility index (Phi) is 6.46. The van der Waals surface area contributed by atoms with E-state index in [1.807, 2.05) is 16.7 Å². The summed E-state index contributed by atoms with van der Waals surface area (Å²) in [6, 6.07) is 9.96. The molecule has 0 atom stereocenters. The van der Waals surface area contributed by atoms with Crippen molar-refractivity contribution in [2.24, 2.45) is 4.99 Å². The number of thiazole rings is 1. The maximum Gasteiger partial charge on any atom is 0.279 e. The van der Waals surface area contributed by atoms with E-state index in [0.717, 1.165) is 35.9 Å². The highest BCUT2D eigenvalue weighted by atomic mass is 32.2. The molecule has 0 bridgehead atoms. The molecule has 3 aromatic rings. The Hall–Kier alpha value is -2.69. The van der Waals surface area contributed by atoms with E-state index in [-0.39, 0.29) is 4.90 Å². The number of benzene rings is 2. The Morgan fingerprint density at radius 2 is 1.71 bits per heavy atom. The SMILES string of the molecule is CCCn1c(=NC(=O)c2ccc(S(=O)(=O)N3CCCCC3)cc2)sc2cc3c(cc21)OCCO3. The molecule has 180 valence electrons. The van der Waals surface area contributed by atoms with Gasteiger partial charge in [0.05, 0.1) is 15.1 Å². The number of hydrogen-bond donors (Lipinski definition) is 0. The van der Waals surface area contributed by atoms with Crippen LogP contribution < -0.4 is 14.3 Å². The van der Waals surface area contributed by atoms with E-state index in [9.17, 15) is 13.2 Å². The summed E-state index contributed by atoms with van der Waals surface area (Å²) in [6.45, 7) is 4.89. The number of ether oxygens (including phenoxy) is 2. The highest BCUT2D eigenvalue weighted by Crippen LogP contribution is 2.35. The molecule has 1 fully saturated rings. The van der Waals surface area contributed by atoms with E-state index >= 15 is 0 Å². The van der Waals surface area contributed by atoms with Crippen molar-refractivity contribution in [2.75, 3.05) is 26.3 Å². The minimum Gasteiger partial charge on any atom is -0.486 e. The van der Waals surface area contributed by atoms with Crippen LogP contribution in [0.1, 0.15) is 43.0 Å². The van der Waals surface area contributed by atoms with Crippen molar-refractivity contribution >= 4 is 37.5 Å². The molecule has 3 heterocycles. The lowest BCUT2D eigenvalue weighted by atomic mass is 10.2. The van der Waals surface area contributed by atoms with Crippen molar-refractivity contribution in [3.63, 3.8) is 0 Å². The Morgan fingerprint density at radius 1 is 1.03 bits per heavy atom. The standard InChI is InChI=1S/C24H27N3O5S2/c1-2-10-27-19-15-20-21(32-14-13-31-20)16-22(19)33-24(27)25-23(28)17-6-8-18(9-7-17)34(29,30)26-11-4-3-5-12-26/h6-9,15-16H,2-5,10-14H2,1H3. The number of aromatic nitrogens is 1. The molecule has 0 spiro atoms. The van der Waals surface area contributed by atoms with Crippen molar-refractivity contribution in [2.45, 2.75) is 44.0 Å². The number of nitrogens with zero attached hydrogens (tertiary/aromatic N) is 3. The highest BCUT2D eigenvalue weighted by molar-refractivity contribution is 7.89. The Bertz CT molecular complexity index is 1380. The van der Waals surface area contributed by atoms with Crippen molar-refractivity contribution in [3.05, 3.63) is 46.8 Å². The summed E-state index contributed by atoms with van der Waals surface area (Å²) in [5.74, 6) is 0.993. The lowest BCUT2D eigenvalue weighted by molar-refractivity contribution is 0.0997. The summed E-state index contributed by atoms with van der Waals surface area (Å²) in [6.07, 6.45) is 3.69. The Balaban J connectivity index is 1.47. The number of hydrogen-bond acceptors (Lipinski definition) is 6. The second kappa shape index (κ2) is 9.52. The average Bonchev–Trinajstić information content (AvgIpc) is 3.19. The third-order valence-electron chi connectivity index (χ3n) is 6.05. The topological polar surface area (TPSA) is 90.2 Å². The van der Waals surface area contributed by atoms with Gasteiger partial charge in [-0.25, -0.2) is 8.42 Å². The first kappa shape index (κ1) is 23.1. The third-order valence-corrected chi connectivity index (χ3v) is 9.00. The van der Waals surface area contributed by atoms with Crippen molar-refractivity contribution in [1.29, 1.82) is 0 Å². The van der Waals surface area contributed by atoms with Crippen LogP contribution in [0.4, 0.5) is 0 Å². The van der Waals surface area contributed by atoms with Gasteiger partial charge in [-0.3, -0.25) is 4.79 Å². The number of piperidine rings is 1. The minimum absolute atomic E-state index is 0.208. The number of aryl methyl sites for hydroxylation is 1. The van der Waals surface area contributed by atoms with Crippen LogP contribution in [0.2, 0.25) is 0 Å². The Morgan fingerprint density at radius 3 is 2.38 bits per heavy atom. The van der Waals surface area contributed by atoms with E-state index < -0.39 is 15.9 Å². The number of carbonyl (C=O) groups excluding carboxylic acids is 1. The monoisotopic (exact) mass is 501 g/mol. The predicted octanol–water partition coefficient (Wildman–Crippen LogP) is 3.80. The maximum absolute atomic E-state index is 13.0. The molecule has 10 heteroatoms. The third kappa shape index (κ3) is 4.37. The molecule has 1 saturated heterocycles. The van der Waals surface area contributed by atoms with Gasteiger partial charge in [-0.1, -0.05) is 24.7 Å². The van der Waals surface area contributed by atoms with Gasteiger partial charge >= 0.3 is 0 Å². The van der Waals surface area contributed by atoms with Crippen LogP contribution >= 0.6 is 11.3 Å².